The van der Waals surface area contributed by atoms with Gasteiger partial charge >= 0.3 is 6.03 Å². The molecule has 0 aliphatic carbocycles. The van der Waals surface area contributed by atoms with E-state index < -0.39 is 17.8 Å². The summed E-state index contributed by atoms with van der Waals surface area (Å²) in [7, 11) is 3.09. The zero-order chi connectivity index (χ0) is 25.5. The van der Waals surface area contributed by atoms with E-state index in [1.807, 2.05) is 0 Å². The molecule has 36 heavy (non-hydrogen) atoms. The Balaban J connectivity index is 1.45. The average Bonchev–Trinajstić information content (AvgIpc) is 2.90. The molecule has 9 heteroatoms. The van der Waals surface area contributed by atoms with Gasteiger partial charge in [0, 0.05) is 0 Å². The van der Waals surface area contributed by atoms with Gasteiger partial charge in [0.1, 0.15) is 30.3 Å². The van der Waals surface area contributed by atoms with Crippen molar-refractivity contribution in [2.24, 2.45) is 0 Å². The molecule has 1 heterocycles. The van der Waals surface area contributed by atoms with Gasteiger partial charge in [-0.3, -0.25) is 14.9 Å². The first-order chi connectivity index (χ1) is 17.5. The summed E-state index contributed by atoms with van der Waals surface area (Å²) in [6.07, 6.45) is 1.40. The minimum Gasteiger partial charge on any atom is -0.497 e. The number of carbonyl (C=O) groups excluding carboxylic acids is 3. The number of methoxy groups -OCH3 is 2. The minimum atomic E-state index is -0.800. The molecule has 0 aromatic heterocycles. The Labute approximate surface area is 207 Å². The van der Waals surface area contributed by atoms with Crippen molar-refractivity contribution in [3.05, 3.63) is 83.9 Å². The fourth-order valence-electron chi connectivity index (χ4n) is 3.51. The molecule has 3 aromatic rings. The molecule has 0 radical (unpaired) electrons. The van der Waals surface area contributed by atoms with Crippen LogP contribution in [0.2, 0.25) is 0 Å². The van der Waals surface area contributed by atoms with Crippen molar-refractivity contribution < 1.29 is 33.3 Å². The maximum absolute atomic E-state index is 13.0. The number of carbonyl (C=O) groups is 3. The molecule has 4 rings (SSSR count). The van der Waals surface area contributed by atoms with Gasteiger partial charge in [0.15, 0.2) is 11.5 Å². The SMILES string of the molecule is COc1ccc(OCCOc2ccc(/C=C3/C(=O)NC(=O)N(c4ccccc4)C3=O)cc2OC)cc1. The Bertz CT molecular complexity index is 1290. The van der Waals surface area contributed by atoms with Gasteiger partial charge in [-0.1, -0.05) is 24.3 Å². The lowest BCUT2D eigenvalue weighted by Gasteiger charge is -2.26. The third-order valence-electron chi connectivity index (χ3n) is 5.28. The van der Waals surface area contributed by atoms with Crippen molar-refractivity contribution in [1.29, 1.82) is 0 Å². The molecule has 0 atom stereocenters. The third kappa shape index (κ3) is 5.47. The summed E-state index contributed by atoms with van der Waals surface area (Å²) in [5, 5.41) is 2.20. The highest BCUT2D eigenvalue weighted by molar-refractivity contribution is 6.39. The second kappa shape index (κ2) is 11.1. The Morgan fingerprint density at radius 2 is 1.47 bits per heavy atom. The standard InChI is InChI=1S/C27H24N2O7/c1-33-20-9-11-21(12-10-20)35-14-15-36-23-13-8-18(17-24(23)34-2)16-22-25(30)28-27(32)29(26(22)31)19-6-4-3-5-7-19/h3-13,16-17H,14-15H2,1-2H3,(H,28,30,32)/b22-16-. The van der Waals surface area contributed by atoms with E-state index >= 15 is 0 Å². The van der Waals surface area contributed by atoms with Gasteiger partial charge < -0.3 is 18.9 Å². The van der Waals surface area contributed by atoms with Crippen LogP contribution in [0.4, 0.5) is 10.5 Å². The quantitative estimate of drug-likeness (QED) is 0.277. The van der Waals surface area contributed by atoms with E-state index in [1.165, 1.54) is 13.2 Å². The van der Waals surface area contributed by atoms with Crippen LogP contribution in [-0.4, -0.2) is 45.3 Å². The normalized spacial score (nSPS) is 14.4. The number of nitrogens with one attached hydrogen (secondary N) is 1. The molecule has 1 fully saturated rings. The van der Waals surface area contributed by atoms with Crippen LogP contribution in [0.3, 0.4) is 0 Å². The first kappa shape index (κ1) is 24.3. The summed E-state index contributed by atoms with van der Waals surface area (Å²) in [5.41, 5.74) is 0.702. The molecule has 9 nitrogen and oxygen atoms in total. The Kier molecular flexibility index (Phi) is 7.50. The number of imide groups is 2. The van der Waals surface area contributed by atoms with Crippen LogP contribution in [-0.2, 0) is 9.59 Å². The molecule has 0 spiro atoms. The second-order valence-corrected chi connectivity index (χ2v) is 7.58. The van der Waals surface area contributed by atoms with E-state index in [4.69, 9.17) is 18.9 Å². The second-order valence-electron chi connectivity index (χ2n) is 7.58. The number of hydrogen-bond acceptors (Lipinski definition) is 7. The fourth-order valence-corrected chi connectivity index (χ4v) is 3.51. The van der Waals surface area contributed by atoms with E-state index in [-0.39, 0.29) is 12.2 Å². The molecule has 184 valence electrons. The predicted molar refractivity (Wildman–Crippen MR) is 132 cm³/mol. The lowest BCUT2D eigenvalue weighted by Crippen LogP contribution is -2.54. The van der Waals surface area contributed by atoms with Gasteiger partial charge in [0.05, 0.1) is 19.9 Å². The van der Waals surface area contributed by atoms with Crippen molar-refractivity contribution in [2.75, 3.05) is 32.3 Å². The van der Waals surface area contributed by atoms with Crippen molar-refractivity contribution >= 4 is 29.6 Å². The molecule has 1 N–H and O–H groups in total. The van der Waals surface area contributed by atoms with Crippen molar-refractivity contribution in [2.45, 2.75) is 0 Å². The van der Waals surface area contributed by atoms with E-state index in [1.54, 1.807) is 79.9 Å². The Hall–Kier alpha value is -4.79. The number of para-hydroxylation sites is 1. The van der Waals surface area contributed by atoms with Gasteiger partial charge in [0.25, 0.3) is 11.8 Å². The summed E-state index contributed by atoms with van der Waals surface area (Å²) in [6.45, 7) is 0.567. The number of hydrogen-bond donors (Lipinski definition) is 1. The molecule has 1 aliphatic heterocycles. The Morgan fingerprint density at radius 1 is 0.778 bits per heavy atom. The minimum absolute atomic E-state index is 0.179. The highest BCUT2D eigenvalue weighted by atomic mass is 16.5. The van der Waals surface area contributed by atoms with Crippen LogP contribution in [0.15, 0.2) is 78.4 Å². The van der Waals surface area contributed by atoms with Crippen molar-refractivity contribution in [1.82, 2.24) is 5.32 Å². The van der Waals surface area contributed by atoms with Crippen LogP contribution < -0.4 is 29.2 Å². The number of anilines is 1. The van der Waals surface area contributed by atoms with E-state index in [0.717, 1.165) is 10.6 Å². The molecule has 0 unspecified atom stereocenters. The molecular formula is C27H24N2O7. The largest absolute Gasteiger partial charge is 0.497 e. The van der Waals surface area contributed by atoms with Crippen LogP contribution in [0, 0.1) is 0 Å². The molecule has 1 saturated heterocycles. The highest BCUT2D eigenvalue weighted by Gasteiger charge is 2.36. The lowest BCUT2D eigenvalue weighted by molar-refractivity contribution is -0.122. The fraction of sp³-hybridized carbons (Fsp3) is 0.148. The molecule has 3 aromatic carbocycles. The number of barbiturate groups is 1. The smallest absolute Gasteiger partial charge is 0.335 e. The van der Waals surface area contributed by atoms with Crippen molar-refractivity contribution in [3.63, 3.8) is 0 Å². The zero-order valence-corrected chi connectivity index (χ0v) is 19.7. The summed E-state index contributed by atoms with van der Waals surface area (Å²) in [4.78, 5) is 38.6. The van der Waals surface area contributed by atoms with Crippen LogP contribution in [0.25, 0.3) is 6.08 Å². The molecule has 1 aliphatic rings. The summed E-state index contributed by atoms with van der Waals surface area (Å²) in [5.74, 6) is 0.820. The van der Waals surface area contributed by atoms with Gasteiger partial charge in [-0.2, -0.15) is 0 Å². The van der Waals surface area contributed by atoms with Crippen LogP contribution in [0.5, 0.6) is 23.0 Å². The van der Waals surface area contributed by atoms with Gasteiger partial charge in [-0.25, -0.2) is 9.69 Å². The maximum atomic E-state index is 13.0. The topological polar surface area (TPSA) is 103 Å². The molecule has 4 amide bonds. The predicted octanol–water partition coefficient (Wildman–Crippen LogP) is 3.83. The molecule has 0 bridgehead atoms. The summed E-state index contributed by atoms with van der Waals surface area (Å²) >= 11 is 0. The number of urea groups is 1. The lowest BCUT2D eigenvalue weighted by atomic mass is 10.1. The van der Waals surface area contributed by atoms with Gasteiger partial charge in [-0.15, -0.1) is 0 Å². The Morgan fingerprint density at radius 3 is 2.17 bits per heavy atom. The van der Waals surface area contributed by atoms with Crippen LogP contribution >= 0.6 is 0 Å². The van der Waals surface area contributed by atoms with Gasteiger partial charge in [0.2, 0.25) is 0 Å². The highest BCUT2D eigenvalue weighted by Crippen LogP contribution is 2.30. The third-order valence-corrected chi connectivity index (χ3v) is 5.28. The van der Waals surface area contributed by atoms with E-state index in [0.29, 0.717) is 35.1 Å². The first-order valence-corrected chi connectivity index (χ1v) is 11.0. The number of benzene rings is 3. The number of rotatable bonds is 9. The van der Waals surface area contributed by atoms with E-state index in [9.17, 15) is 14.4 Å². The van der Waals surface area contributed by atoms with Crippen LogP contribution in [0.1, 0.15) is 5.56 Å². The van der Waals surface area contributed by atoms with Gasteiger partial charge in [-0.05, 0) is 60.2 Å². The average molecular weight is 488 g/mol. The zero-order valence-electron chi connectivity index (χ0n) is 19.7. The monoisotopic (exact) mass is 488 g/mol. The van der Waals surface area contributed by atoms with E-state index in [2.05, 4.69) is 5.32 Å². The number of ether oxygens (including phenoxy) is 4. The first-order valence-electron chi connectivity index (χ1n) is 11.0. The number of nitrogens with zero attached hydrogens (tertiary/aromatic N) is 1. The van der Waals surface area contributed by atoms with Crippen molar-refractivity contribution in [3.8, 4) is 23.0 Å². The number of amides is 4. The summed E-state index contributed by atoms with van der Waals surface area (Å²) < 4.78 is 22.0. The maximum Gasteiger partial charge on any atom is 0.335 e. The summed E-state index contributed by atoms with van der Waals surface area (Å²) in [6, 6.07) is 19.8. The molecular weight excluding hydrogens is 464 g/mol. The molecule has 0 saturated carbocycles.